The Bertz CT molecular complexity index is 1010. The third-order valence-electron chi connectivity index (χ3n) is 5.60. The van der Waals surface area contributed by atoms with Crippen molar-refractivity contribution in [3.8, 4) is 11.5 Å². The summed E-state index contributed by atoms with van der Waals surface area (Å²) in [4.78, 5) is 29.6. The second-order valence-electron chi connectivity index (χ2n) is 8.59. The summed E-state index contributed by atoms with van der Waals surface area (Å²) >= 11 is 0. The van der Waals surface area contributed by atoms with Crippen molar-refractivity contribution in [1.82, 2.24) is 9.80 Å². The van der Waals surface area contributed by atoms with Crippen LogP contribution in [0.4, 0.5) is 0 Å². The zero-order valence-corrected chi connectivity index (χ0v) is 20.4. The first-order valence-electron chi connectivity index (χ1n) is 11.8. The Morgan fingerprint density at radius 1 is 0.912 bits per heavy atom. The van der Waals surface area contributed by atoms with Crippen LogP contribution in [0.15, 0.2) is 54.1 Å². The highest BCUT2D eigenvalue weighted by Crippen LogP contribution is 2.39. The number of aliphatic hydroxyl groups excluding tert-OH is 1. The van der Waals surface area contributed by atoms with Gasteiger partial charge >= 0.3 is 0 Å². The monoisotopic (exact) mass is 466 g/mol. The molecule has 1 atom stereocenters. The van der Waals surface area contributed by atoms with Gasteiger partial charge in [-0.1, -0.05) is 26.0 Å². The summed E-state index contributed by atoms with van der Waals surface area (Å²) in [6, 6.07) is 13.6. The molecular weight excluding hydrogens is 432 g/mol. The fourth-order valence-corrected chi connectivity index (χ4v) is 3.82. The number of hydrogen-bond donors (Lipinski definition) is 1. The molecule has 1 aliphatic rings. The SMILES string of the molecule is CCCOc1ccc(/C(O)=C2\C(=O)C(=O)N(CCN(C)C)[C@@H]2c2ccc(OCCC)cc2)cc1. The zero-order valence-electron chi connectivity index (χ0n) is 20.4. The van der Waals surface area contributed by atoms with Gasteiger partial charge in [-0.2, -0.15) is 0 Å². The summed E-state index contributed by atoms with van der Waals surface area (Å²) in [6.45, 7) is 6.22. The van der Waals surface area contributed by atoms with Crippen LogP contribution in [0.2, 0.25) is 0 Å². The van der Waals surface area contributed by atoms with Crippen molar-refractivity contribution in [2.45, 2.75) is 32.7 Å². The fourth-order valence-electron chi connectivity index (χ4n) is 3.82. The number of benzene rings is 2. The maximum Gasteiger partial charge on any atom is 0.295 e. The molecule has 0 bridgehead atoms. The van der Waals surface area contributed by atoms with E-state index >= 15 is 0 Å². The molecule has 7 heteroatoms. The van der Waals surface area contributed by atoms with Crippen LogP contribution < -0.4 is 9.47 Å². The van der Waals surface area contributed by atoms with Crippen LogP contribution >= 0.6 is 0 Å². The molecule has 0 unspecified atom stereocenters. The van der Waals surface area contributed by atoms with Crippen LogP contribution in [0.5, 0.6) is 11.5 Å². The van der Waals surface area contributed by atoms with Gasteiger partial charge in [0.25, 0.3) is 11.7 Å². The number of hydrogen-bond acceptors (Lipinski definition) is 6. The van der Waals surface area contributed by atoms with Crippen molar-refractivity contribution in [3.63, 3.8) is 0 Å². The van der Waals surface area contributed by atoms with Gasteiger partial charge in [-0.05, 0) is 68.9 Å². The Hall–Kier alpha value is -3.32. The number of carbonyl (C=O) groups excluding carboxylic acids is 2. The Morgan fingerprint density at radius 3 is 1.94 bits per heavy atom. The molecule has 0 aliphatic carbocycles. The first-order valence-corrected chi connectivity index (χ1v) is 11.8. The number of carbonyl (C=O) groups is 2. The highest BCUT2D eigenvalue weighted by molar-refractivity contribution is 6.46. The molecule has 0 radical (unpaired) electrons. The average molecular weight is 467 g/mol. The Labute approximate surface area is 201 Å². The van der Waals surface area contributed by atoms with Crippen LogP contribution in [-0.4, -0.2) is 67.0 Å². The summed E-state index contributed by atoms with van der Waals surface area (Å²) in [7, 11) is 3.82. The summed E-state index contributed by atoms with van der Waals surface area (Å²) in [5.41, 5.74) is 1.29. The Kier molecular flexibility index (Phi) is 8.71. The molecule has 1 amide bonds. The van der Waals surface area contributed by atoms with E-state index in [4.69, 9.17) is 9.47 Å². The number of aliphatic hydroxyl groups is 1. The maximum absolute atomic E-state index is 13.1. The van der Waals surface area contributed by atoms with Crippen LogP contribution in [0.3, 0.4) is 0 Å². The van der Waals surface area contributed by atoms with E-state index in [1.165, 1.54) is 4.90 Å². The second-order valence-corrected chi connectivity index (χ2v) is 8.59. The van der Waals surface area contributed by atoms with Crippen LogP contribution in [0.25, 0.3) is 5.76 Å². The smallest absolute Gasteiger partial charge is 0.295 e. The molecule has 0 spiro atoms. The van der Waals surface area contributed by atoms with E-state index < -0.39 is 17.7 Å². The molecule has 1 heterocycles. The maximum atomic E-state index is 13.1. The van der Waals surface area contributed by atoms with E-state index in [2.05, 4.69) is 0 Å². The summed E-state index contributed by atoms with van der Waals surface area (Å²) in [6.07, 6.45) is 1.79. The van der Waals surface area contributed by atoms with Gasteiger partial charge in [0.15, 0.2) is 0 Å². The quantitative estimate of drug-likeness (QED) is 0.303. The fraction of sp³-hybridized carbons (Fsp3) is 0.407. The Balaban J connectivity index is 2.01. The van der Waals surface area contributed by atoms with Crippen LogP contribution in [-0.2, 0) is 9.59 Å². The highest BCUT2D eigenvalue weighted by atomic mass is 16.5. The molecular formula is C27H34N2O5. The minimum atomic E-state index is -0.684. The summed E-state index contributed by atoms with van der Waals surface area (Å²) in [5, 5.41) is 11.2. The molecule has 1 saturated heterocycles. The molecule has 2 aromatic rings. The molecule has 7 nitrogen and oxygen atoms in total. The van der Waals surface area contributed by atoms with Crippen LogP contribution in [0, 0.1) is 0 Å². The van der Waals surface area contributed by atoms with Gasteiger partial charge in [0.2, 0.25) is 0 Å². The van der Waals surface area contributed by atoms with E-state index in [0.29, 0.717) is 37.6 Å². The highest BCUT2D eigenvalue weighted by Gasteiger charge is 2.45. The summed E-state index contributed by atoms with van der Waals surface area (Å²) < 4.78 is 11.3. The standard InChI is InChI=1S/C27H34N2O5/c1-5-17-33-21-11-7-19(8-12-21)24-23(26(31)27(32)29(24)16-15-28(3)4)25(30)20-9-13-22(14-10-20)34-18-6-2/h7-14,24,30H,5-6,15-18H2,1-4H3/b25-23+/t24-/m1/s1. The lowest BCUT2D eigenvalue weighted by Gasteiger charge is -2.26. The lowest BCUT2D eigenvalue weighted by atomic mass is 9.95. The van der Waals surface area contributed by atoms with E-state index in [9.17, 15) is 14.7 Å². The number of ether oxygens (including phenoxy) is 2. The van der Waals surface area contributed by atoms with Gasteiger partial charge in [-0.3, -0.25) is 9.59 Å². The van der Waals surface area contributed by atoms with E-state index in [0.717, 1.165) is 24.2 Å². The number of nitrogens with zero attached hydrogens (tertiary/aromatic N) is 2. The lowest BCUT2D eigenvalue weighted by Crippen LogP contribution is -2.35. The normalized spacial score (nSPS) is 17.4. The Morgan fingerprint density at radius 2 is 1.44 bits per heavy atom. The van der Waals surface area contributed by atoms with E-state index in [1.807, 2.05) is 57.1 Å². The predicted molar refractivity (Wildman–Crippen MR) is 132 cm³/mol. The molecule has 3 rings (SSSR count). The van der Waals surface area contributed by atoms with Crippen molar-refractivity contribution in [3.05, 3.63) is 65.2 Å². The van der Waals surface area contributed by atoms with Crippen molar-refractivity contribution < 1.29 is 24.2 Å². The van der Waals surface area contributed by atoms with Crippen molar-refractivity contribution >= 4 is 17.4 Å². The summed E-state index contributed by atoms with van der Waals surface area (Å²) in [5.74, 6) is -0.0758. The first-order chi connectivity index (χ1) is 16.4. The average Bonchev–Trinajstić information content (AvgIpc) is 3.10. The predicted octanol–water partition coefficient (Wildman–Crippen LogP) is 4.25. The van der Waals surface area contributed by atoms with Gasteiger partial charge in [-0.15, -0.1) is 0 Å². The van der Waals surface area contributed by atoms with E-state index in [-0.39, 0.29) is 11.3 Å². The number of ketones is 1. The molecule has 34 heavy (non-hydrogen) atoms. The molecule has 0 saturated carbocycles. The topological polar surface area (TPSA) is 79.3 Å². The number of amides is 1. The third kappa shape index (κ3) is 5.78. The lowest BCUT2D eigenvalue weighted by molar-refractivity contribution is -0.140. The molecule has 1 N–H and O–H groups in total. The minimum Gasteiger partial charge on any atom is -0.507 e. The van der Waals surface area contributed by atoms with E-state index in [1.54, 1.807) is 24.3 Å². The third-order valence-corrected chi connectivity index (χ3v) is 5.60. The molecule has 182 valence electrons. The second kappa shape index (κ2) is 11.7. The molecule has 0 aromatic heterocycles. The van der Waals surface area contributed by atoms with Crippen molar-refractivity contribution in [1.29, 1.82) is 0 Å². The van der Waals surface area contributed by atoms with Crippen molar-refractivity contribution in [2.24, 2.45) is 0 Å². The largest absolute Gasteiger partial charge is 0.507 e. The zero-order chi connectivity index (χ0) is 24.7. The minimum absolute atomic E-state index is 0.0909. The first kappa shape index (κ1) is 25.3. The number of rotatable bonds is 11. The van der Waals surface area contributed by atoms with Gasteiger partial charge < -0.3 is 24.4 Å². The van der Waals surface area contributed by atoms with Gasteiger partial charge in [0, 0.05) is 18.7 Å². The number of likely N-dealkylation sites (tertiary alicyclic amines) is 1. The molecule has 1 aliphatic heterocycles. The number of likely N-dealkylation sites (N-methyl/N-ethyl adjacent to an activating group) is 1. The molecule has 2 aromatic carbocycles. The van der Waals surface area contributed by atoms with Gasteiger partial charge in [0.05, 0.1) is 24.8 Å². The molecule has 1 fully saturated rings. The number of Topliss-reactive ketones (excluding diaryl/α,β-unsaturated/α-hetero) is 1. The van der Waals surface area contributed by atoms with Crippen LogP contribution in [0.1, 0.15) is 43.9 Å². The van der Waals surface area contributed by atoms with Gasteiger partial charge in [-0.25, -0.2) is 0 Å². The van der Waals surface area contributed by atoms with Gasteiger partial charge in [0.1, 0.15) is 17.3 Å². The van der Waals surface area contributed by atoms with Crippen molar-refractivity contribution in [2.75, 3.05) is 40.4 Å².